The van der Waals surface area contributed by atoms with Gasteiger partial charge in [-0.15, -0.1) is 0 Å². The predicted molar refractivity (Wildman–Crippen MR) is 108 cm³/mol. The maximum Gasteiger partial charge on any atom is 0.325 e. The number of benzene rings is 2. The van der Waals surface area contributed by atoms with E-state index in [1.165, 1.54) is 25.1 Å². The third-order valence-electron chi connectivity index (χ3n) is 4.75. The van der Waals surface area contributed by atoms with Crippen LogP contribution < -0.4 is 10.6 Å². The summed E-state index contributed by atoms with van der Waals surface area (Å²) in [6.07, 6.45) is 0. The summed E-state index contributed by atoms with van der Waals surface area (Å²) >= 11 is 3.33. The molecule has 2 N–H and O–H groups in total. The number of nitrogens with one attached hydrogen (secondary N) is 2. The van der Waals surface area contributed by atoms with Crippen molar-refractivity contribution in [3.8, 4) is 0 Å². The van der Waals surface area contributed by atoms with E-state index < -0.39 is 34.9 Å². The molecule has 1 heterocycles. The van der Waals surface area contributed by atoms with Crippen molar-refractivity contribution < 1.29 is 19.3 Å². The molecule has 10 heteroatoms. The molecular weight excluding hydrogens is 444 g/mol. The molecule has 1 atom stereocenters. The molecule has 0 saturated carbocycles. The number of hydrogen-bond donors (Lipinski definition) is 2. The van der Waals surface area contributed by atoms with Gasteiger partial charge < -0.3 is 10.6 Å². The van der Waals surface area contributed by atoms with E-state index in [9.17, 15) is 24.5 Å². The number of nitro groups is 1. The minimum absolute atomic E-state index is 0.139. The summed E-state index contributed by atoms with van der Waals surface area (Å²) in [4.78, 5) is 49.0. The predicted octanol–water partition coefficient (Wildman–Crippen LogP) is 3.07. The summed E-state index contributed by atoms with van der Waals surface area (Å²) in [6.45, 7) is 2.56. The van der Waals surface area contributed by atoms with Crippen LogP contribution in [0.3, 0.4) is 0 Å². The Balaban J connectivity index is 1.78. The van der Waals surface area contributed by atoms with Crippen LogP contribution in [0.4, 0.5) is 16.2 Å². The van der Waals surface area contributed by atoms with Gasteiger partial charge in [-0.2, -0.15) is 0 Å². The van der Waals surface area contributed by atoms with Crippen LogP contribution in [0.15, 0.2) is 46.9 Å². The first-order valence-electron chi connectivity index (χ1n) is 8.57. The van der Waals surface area contributed by atoms with E-state index in [2.05, 4.69) is 26.6 Å². The second kappa shape index (κ2) is 7.63. The Labute approximate surface area is 174 Å². The number of nitro benzene ring substituents is 1. The van der Waals surface area contributed by atoms with Crippen LogP contribution in [0.2, 0.25) is 0 Å². The molecule has 29 heavy (non-hydrogen) atoms. The molecule has 2 aromatic rings. The zero-order valence-electron chi connectivity index (χ0n) is 15.6. The van der Waals surface area contributed by atoms with Gasteiger partial charge in [0.05, 0.1) is 16.2 Å². The first-order chi connectivity index (χ1) is 13.6. The minimum Gasteiger partial charge on any atom is -0.324 e. The largest absolute Gasteiger partial charge is 0.325 e. The molecule has 1 saturated heterocycles. The average molecular weight is 461 g/mol. The van der Waals surface area contributed by atoms with Gasteiger partial charge in [-0.3, -0.25) is 24.6 Å². The van der Waals surface area contributed by atoms with Gasteiger partial charge in [-0.25, -0.2) is 4.79 Å². The Morgan fingerprint density at radius 1 is 1.28 bits per heavy atom. The Hall–Kier alpha value is -3.27. The topological polar surface area (TPSA) is 122 Å². The molecule has 2 aromatic carbocycles. The normalized spacial score (nSPS) is 18.5. The number of amides is 4. The Bertz CT molecular complexity index is 1040. The van der Waals surface area contributed by atoms with Crippen molar-refractivity contribution >= 4 is 45.2 Å². The molecule has 0 unspecified atom stereocenters. The standard InChI is InChI=1S/C19H17BrN4O5/c1-11-14(7-4-8-15(11)24(28)29)21-16(25)10-23-17(26)19(2,22-18(23)27)12-5-3-6-13(20)9-12/h3-9H,10H2,1-2H3,(H,21,25)(H,22,27)/t19-/m0/s1. The number of urea groups is 1. The van der Waals surface area contributed by atoms with E-state index in [1.807, 2.05) is 0 Å². The molecule has 1 aliphatic rings. The number of hydrogen-bond acceptors (Lipinski definition) is 5. The second-order valence-electron chi connectivity index (χ2n) is 6.71. The lowest BCUT2D eigenvalue weighted by molar-refractivity contribution is -0.385. The number of carbonyl (C=O) groups excluding carboxylic acids is 3. The van der Waals surface area contributed by atoms with Gasteiger partial charge in [-0.1, -0.05) is 34.1 Å². The van der Waals surface area contributed by atoms with Gasteiger partial charge in [0.15, 0.2) is 0 Å². The first kappa shape index (κ1) is 20.5. The maximum absolute atomic E-state index is 12.9. The lowest BCUT2D eigenvalue weighted by Crippen LogP contribution is -2.42. The zero-order chi connectivity index (χ0) is 21.3. The average Bonchev–Trinajstić information content (AvgIpc) is 2.87. The summed E-state index contributed by atoms with van der Waals surface area (Å²) < 4.78 is 0.746. The van der Waals surface area contributed by atoms with Gasteiger partial charge in [0.1, 0.15) is 12.1 Å². The highest BCUT2D eigenvalue weighted by molar-refractivity contribution is 9.10. The maximum atomic E-state index is 12.9. The van der Waals surface area contributed by atoms with E-state index in [4.69, 9.17) is 0 Å². The van der Waals surface area contributed by atoms with Crippen LogP contribution in [-0.4, -0.2) is 34.2 Å². The van der Waals surface area contributed by atoms with E-state index in [-0.39, 0.29) is 16.9 Å². The highest BCUT2D eigenvalue weighted by Gasteiger charge is 2.49. The van der Waals surface area contributed by atoms with Crippen LogP contribution in [0.1, 0.15) is 18.1 Å². The van der Waals surface area contributed by atoms with E-state index in [0.717, 1.165) is 9.37 Å². The fourth-order valence-corrected chi connectivity index (χ4v) is 3.52. The lowest BCUT2D eigenvalue weighted by atomic mass is 9.92. The third kappa shape index (κ3) is 3.83. The molecule has 0 aliphatic carbocycles. The number of rotatable bonds is 5. The summed E-state index contributed by atoms with van der Waals surface area (Å²) in [5.41, 5.74) is -0.349. The van der Waals surface area contributed by atoms with Crippen LogP contribution in [0.5, 0.6) is 0 Å². The van der Waals surface area contributed by atoms with Gasteiger partial charge >= 0.3 is 6.03 Å². The number of carbonyl (C=O) groups is 3. The molecule has 3 rings (SSSR count). The van der Waals surface area contributed by atoms with E-state index >= 15 is 0 Å². The lowest BCUT2D eigenvalue weighted by Gasteiger charge is -2.22. The van der Waals surface area contributed by atoms with Crippen LogP contribution in [0.25, 0.3) is 0 Å². The second-order valence-corrected chi connectivity index (χ2v) is 7.63. The van der Waals surface area contributed by atoms with Crippen molar-refractivity contribution in [3.63, 3.8) is 0 Å². The SMILES string of the molecule is Cc1c(NC(=O)CN2C(=O)N[C@@](C)(c3cccc(Br)c3)C2=O)cccc1[N+](=O)[O-]. The first-order valence-corrected chi connectivity index (χ1v) is 9.37. The number of halogens is 1. The monoisotopic (exact) mass is 460 g/mol. The van der Waals surface area contributed by atoms with E-state index in [0.29, 0.717) is 5.56 Å². The van der Waals surface area contributed by atoms with Crippen LogP contribution in [-0.2, 0) is 15.1 Å². The molecule has 0 bridgehead atoms. The molecular formula is C19H17BrN4O5. The van der Waals surface area contributed by atoms with Crippen molar-refractivity contribution in [1.82, 2.24) is 10.2 Å². The fourth-order valence-electron chi connectivity index (χ4n) is 3.13. The number of anilines is 1. The summed E-state index contributed by atoms with van der Waals surface area (Å²) in [5.74, 6) is -1.21. The van der Waals surface area contributed by atoms with Gasteiger partial charge in [0, 0.05) is 10.5 Å². The molecule has 4 amide bonds. The van der Waals surface area contributed by atoms with Crippen molar-refractivity contribution in [2.24, 2.45) is 0 Å². The summed E-state index contributed by atoms with van der Waals surface area (Å²) in [5, 5.41) is 16.2. The number of imide groups is 1. The van der Waals surface area contributed by atoms with Crippen molar-refractivity contribution in [3.05, 3.63) is 68.2 Å². The fraction of sp³-hybridized carbons (Fsp3) is 0.211. The highest BCUT2D eigenvalue weighted by atomic mass is 79.9. The molecule has 150 valence electrons. The quantitative estimate of drug-likeness (QED) is 0.403. The minimum atomic E-state index is -1.30. The van der Waals surface area contributed by atoms with Gasteiger partial charge in [0.2, 0.25) is 5.91 Å². The highest BCUT2D eigenvalue weighted by Crippen LogP contribution is 2.30. The summed E-state index contributed by atoms with van der Waals surface area (Å²) in [6, 6.07) is 10.5. The number of nitrogens with zero attached hydrogens (tertiary/aromatic N) is 2. The van der Waals surface area contributed by atoms with Gasteiger partial charge in [0.25, 0.3) is 11.6 Å². The third-order valence-corrected chi connectivity index (χ3v) is 5.25. The molecule has 0 spiro atoms. The smallest absolute Gasteiger partial charge is 0.324 e. The summed E-state index contributed by atoms with van der Waals surface area (Å²) in [7, 11) is 0. The van der Waals surface area contributed by atoms with Gasteiger partial charge in [-0.05, 0) is 37.6 Å². The van der Waals surface area contributed by atoms with Crippen LogP contribution >= 0.6 is 15.9 Å². The molecule has 0 radical (unpaired) electrons. The Morgan fingerprint density at radius 2 is 1.97 bits per heavy atom. The van der Waals surface area contributed by atoms with Crippen molar-refractivity contribution in [1.29, 1.82) is 0 Å². The molecule has 0 aromatic heterocycles. The molecule has 1 fully saturated rings. The van der Waals surface area contributed by atoms with Crippen molar-refractivity contribution in [2.75, 3.05) is 11.9 Å². The Kier molecular flexibility index (Phi) is 5.38. The Morgan fingerprint density at radius 3 is 2.62 bits per heavy atom. The van der Waals surface area contributed by atoms with Crippen molar-refractivity contribution in [2.45, 2.75) is 19.4 Å². The van der Waals surface area contributed by atoms with Crippen LogP contribution in [0, 0.1) is 17.0 Å². The molecule has 1 aliphatic heterocycles. The molecule has 9 nitrogen and oxygen atoms in total. The zero-order valence-corrected chi connectivity index (χ0v) is 17.1. The van der Waals surface area contributed by atoms with E-state index in [1.54, 1.807) is 31.2 Å².